The molecule has 0 heterocycles. The van der Waals surface area contributed by atoms with Crippen LogP contribution in [0.5, 0.6) is 109 Å². The molecule has 12 rings (SSSR count). The quantitative estimate of drug-likeness (QED) is 0.0654. The van der Waals surface area contributed by atoms with E-state index in [4.69, 9.17) is 90.0 Å². The summed E-state index contributed by atoms with van der Waals surface area (Å²) in [6.45, 7) is 42.2. The van der Waals surface area contributed by atoms with Crippen LogP contribution in [0.15, 0.2) is 60.7 Å². The van der Waals surface area contributed by atoms with Gasteiger partial charge < -0.3 is 90.0 Å². The number of aldehydes is 1. The van der Waals surface area contributed by atoms with Crippen molar-refractivity contribution < 1.29 is 94.8 Å². The van der Waals surface area contributed by atoms with Gasteiger partial charge in [0.2, 0.25) is 0 Å². The van der Waals surface area contributed by atoms with E-state index in [1.807, 2.05) is 41.5 Å². The van der Waals surface area contributed by atoms with Crippen molar-refractivity contribution >= 4 is 6.29 Å². The summed E-state index contributed by atoms with van der Waals surface area (Å²) in [7, 11) is 32.4. The Hall–Kier alpha value is -11.9. The molecule has 0 saturated heterocycles. The highest BCUT2D eigenvalue weighted by Gasteiger charge is 2.40. The fraction of sp³-hybridized carbons (Fsp3) is 0.445. The molecule has 0 fully saturated rings. The van der Waals surface area contributed by atoms with Crippen LogP contribution < -0.4 is 90.0 Å². The monoisotopic (exact) mass is 1780 g/mol. The summed E-state index contributed by atoms with van der Waals surface area (Å²) in [5.41, 5.74) is 28.4. The average molecular weight is 1780 g/mol. The lowest BCUT2D eigenvalue weighted by molar-refractivity contribution is 0.112. The minimum absolute atomic E-state index is 0.144. The zero-order valence-corrected chi connectivity index (χ0v) is 84.3. The van der Waals surface area contributed by atoms with Gasteiger partial charge in [-0.25, -0.2) is 0 Å². The Morgan fingerprint density at radius 2 is 0.223 bits per heavy atom. The molecule has 20 heteroatoms. The van der Waals surface area contributed by atoms with E-state index >= 15 is 0 Å². The van der Waals surface area contributed by atoms with E-state index in [2.05, 4.69) is 158 Å². The van der Waals surface area contributed by atoms with E-state index in [0.717, 1.165) is 219 Å². The molecule has 2 aliphatic carbocycles. The molecule has 0 amide bonds. The SMILES string of the molecule is COc1c2cc(c(C=O)c1C)C(C)c1cc(c(OC)c(C)c1OC)C(C)c1cc(c(OC)c(C)c1OC)C(C)c1cc(c(OC)c(C)c1OC)C(C)c1cc(c(OC)c(C)c1OC)C(C)c1cc(c(OC)c(C)c1OC)C2C.COc1c2cc(c(OC)c1C)C(C)c1cc(c(OC)c(C)c1OC)C(C)c1cc(c(OC)c(C)c1OC)C(C)c1cc(c(OC)c(C)c1OC)C2C. The van der Waals surface area contributed by atoms with Gasteiger partial charge in [-0.2, -0.15) is 0 Å². The maximum absolute atomic E-state index is 13.6. The molecule has 10 aromatic carbocycles. The number of hydrogen-bond acceptors (Lipinski definition) is 20. The first-order valence-electron chi connectivity index (χ1n) is 44.5. The van der Waals surface area contributed by atoms with Crippen molar-refractivity contribution in [3.05, 3.63) is 233 Å². The summed E-state index contributed by atoms with van der Waals surface area (Å²) in [6.07, 6.45) is 0.937. The molecule has 10 aromatic rings. The molecule has 698 valence electrons. The second kappa shape index (κ2) is 40.2. The Labute approximate surface area is 772 Å². The summed E-state index contributed by atoms with van der Waals surface area (Å²) in [4.78, 5) is 13.6. The fourth-order valence-electron chi connectivity index (χ4n) is 21.8. The highest BCUT2D eigenvalue weighted by molar-refractivity contribution is 5.84. The molecule has 0 aliphatic heterocycles. The maximum Gasteiger partial charge on any atom is 0.150 e. The molecule has 20 bridgehead atoms. The Morgan fingerprint density at radius 1 is 0.146 bits per heavy atom. The lowest BCUT2D eigenvalue weighted by atomic mass is 9.78. The van der Waals surface area contributed by atoms with Gasteiger partial charge in [0.15, 0.2) is 6.29 Å². The molecule has 2 aliphatic rings. The van der Waals surface area contributed by atoms with E-state index in [1.54, 1.807) is 135 Å². The van der Waals surface area contributed by atoms with E-state index in [-0.39, 0.29) is 59.2 Å². The third-order valence-electron chi connectivity index (χ3n) is 28.6. The van der Waals surface area contributed by atoms with Crippen molar-refractivity contribution in [1.82, 2.24) is 0 Å². The first-order valence-corrected chi connectivity index (χ1v) is 44.5. The van der Waals surface area contributed by atoms with Crippen LogP contribution in [0.3, 0.4) is 0 Å². The molecular formula is C110H138O20. The molecule has 0 radical (unpaired) electrons. The second-order valence-electron chi connectivity index (χ2n) is 34.7. The summed E-state index contributed by atoms with van der Waals surface area (Å²) in [6, 6.07) is 22.0. The predicted octanol–water partition coefficient (Wildman–Crippen LogP) is 24.6. The van der Waals surface area contributed by atoms with E-state index < -0.39 is 0 Å². The van der Waals surface area contributed by atoms with E-state index in [1.165, 1.54) is 0 Å². The molecule has 0 aromatic heterocycles. The Bertz CT molecular complexity index is 5550. The van der Waals surface area contributed by atoms with Crippen molar-refractivity contribution in [3.63, 3.8) is 0 Å². The smallest absolute Gasteiger partial charge is 0.150 e. The summed E-state index contributed by atoms with van der Waals surface area (Å²) < 4.78 is 119. The third-order valence-corrected chi connectivity index (χ3v) is 28.6. The molecular weight excluding hydrogens is 1640 g/mol. The van der Waals surface area contributed by atoms with Crippen LogP contribution in [0.25, 0.3) is 0 Å². The topological polar surface area (TPSA) is 192 Å². The van der Waals surface area contributed by atoms with Crippen LogP contribution in [0.2, 0.25) is 0 Å². The molecule has 0 spiro atoms. The van der Waals surface area contributed by atoms with Crippen LogP contribution >= 0.6 is 0 Å². The highest BCUT2D eigenvalue weighted by Crippen LogP contribution is 2.59. The number of carbonyl (C=O) groups is 1. The molecule has 0 N–H and O–H groups in total. The minimum atomic E-state index is -0.371. The standard InChI is InChI=1S/C66H82O12.C44H56O8/c1-31-43-24-44(56(68-13)37(7)55(43)30-67)32(2)47-26-48(60(72-17)39(9)59(47)71-16)34(4)51-28-52(64(76-21)41(11)63(51)75-20)36(6)54-29-53(65(77-22)42(12)66(54)78-23)35(5)50-27-49(61(73-18)40(10)62(50)74-19)33(3)46-25-45(31)57(69-14)38(8)58(46)70-15;1-21-29-17-31(39(47-11)25(5)37(29)45-9)22(2)33-19-35(43(51-15)27(7)41(33)49-13)24(4)36-20-34(42(50-14)28(8)44(36)52-16)23(3)32-18-30(21)38(46-10)26(6)40(32)48-12/h24-36H,1-23H3;17-24H,1-16H3. The molecule has 6 atom stereocenters. The van der Waals surface area contributed by atoms with Gasteiger partial charge in [-0.05, 0) is 129 Å². The van der Waals surface area contributed by atoms with E-state index in [0.29, 0.717) is 68.8 Å². The number of carbonyl (C=O) groups excluding carboxylic acids is 1. The van der Waals surface area contributed by atoms with Gasteiger partial charge in [0, 0.05) is 226 Å². The number of ether oxygens (including phenoxy) is 19. The van der Waals surface area contributed by atoms with Gasteiger partial charge in [0.25, 0.3) is 0 Å². The normalized spacial score (nSPS) is 18.0. The van der Waals surface area contributed by atoms with Gasteiger partial charge in [-0.3, -0.25) is 4.79 Å². The molecule has 0 saturated carbocycles. The van der Waals surface area contributed by atoms with E-state index in [9.17, 15) is 4.79 Å². The first-order chi connectivity index (χ1) is 62.0. The lowest BCUT2D eigenvalue weighted by Crippen LogP contribution is -2.14. The minimum Gasteiger partial charge on any atom is -0.496 e. The van der Waals surface area contributed by atoms with Crippen LogP contribution in [-0.4, -0.2) is 141 Å². The number of rotatable bonds is 20. The highest BCUT2D eigenvalue weighted by atomic mass is 16.5. The van der Waals surface area contributed by atoms with Gasteiger partial charge in [0.05, 0.1) is 135 Å². The second-order valence-corrected chi connectivity index (χ2v) is 34.7. The third kappa shape index (κ3) is 16.2. The van der Waals surface area contributed by atoms with Gasteiger partial charge in [-0.1, -0.05) is 75.3 Å². The summed E-state index contributed by atoms with van der Waals surface area (Å²) in [5.74, 6) is 11.3. The number of hydrogen-bond donors (Lipinski definition) is 0. The first kappa shape index (κ1) is 98.7. The molecule has 20 nitrogen and oxygen atoms in total. The zero-order chi connectivity index (χ0) is 95.9. The molecule has 6 unspecified atom stereocenters. The van der Waals surface area contributed by atoms with Gasteiger partial charge in [0.1, 0.15) is 109 Å². The predicted molar refractivity (Wildman–Crippen MR) is 517 cm³/mol. The van der Waals surface area contributed by atoms with Crippen molar-refractivity contribution in [3.8, 4) is 109 Å². The van der Waals surface area contributed by atoms with Crippen LogP contribution in [0.1, 0.15) is 306 Å². The van der Waals surface area contributed by atoms with Crippen molar-refractivity contribution in [1.29, 1.82) is 0 Å². The number of methoxy groups -OCH3 is 19. The van der Waals surface area contributed by atoms with Crippen molar-refractivity contribution in [2.24, 2.45) is 0 Å². The fourth-order valence-corrected chi connectivity index (χ4v) is 21.8. The van der Waals surface area contributed by atoms with Crippen molar-refractivity contribution in [2.75, 3.05) is 135 Å². The van der Waals surface area contributed by atoms with Crippen molar-refractivity contribution in [2.45, 2.75) is 198 Å². The maximum atomic E-state index is 13.6. The number of benzene rings is 10. The van der Waals surface area contributed by atoms with Gasteiger partial charge >= 0.3 is 0 Å². The summed E-state index contributed by atoms with van der Waals surface area (Å²) in [5, 5.41) is 0. The van der Waals surface area contributed by atoms with Gasteiger partial charge in [-0.15, -0.1) is 0 Å². The van der Waals surface area contributed by atoms with Crippen LogP contribution in [0.4, 0.5) is 0 Å². The largest absolute Gasteiger partial charge is 0.496 e. The molecule has 130 heavy (non-hydrogen) atoms. The Morgan fingerprint density at radius 3 is 0.308 bits per heavy atom. The summed E-state index contributed by atoms with van der Waals surface area (Å²) >= 11 is 0. The Balaban J connectivity index is 0.000000272. The zero-order valence-electron chi connectivity index (χ0n) is 84.3. The van der Waals surface area contributed by atoms with Crippen LogP contribution in [0, 0.1) is 69.2 Å². The Kier molecular flexibility index (Phi) is 30.5. The average Bonchev–Trinajstić information content (AvgIpc) is 0.741. The number of fused-ring (bicyclic) bond motifs is 20. The van der Waals surface area contributed by atoms with Crippen LogP contribution in [-0.2, 0) is 0 Å². The lowest BCUT2D eigenvalue weighted by Gasteiger charge is -2.31.